The lowest BCUT2D eigenvalue weighted by Crippen LogP contribution is -2.29. The van der Waals surface area contributed by atoms with Crippen LogP contribution >= 0.6 is 0 Å². The van der Waals surface area contributed by atoms with Crippen molar-refractivity contribution >= 4 is 11.6 Å². The van der Waals surface area contributed by atoms with Crippen LogP contribution in [0, 0.1) is 5.92 Å². The lowest BCUT2D eigenvalue weighted by molar-refractivity contribution is -0.131. The maximum absolute atomic E-state index is 11.9. The average Bonchev–Trinajstić information content (AvgIpc) is 2.49. The molecule has 0 aromatic rings. The molecular formula is C11H21N3O. The summed E-state index contributed by atoms with van der Waals surface area (Å²) in [6.07, 6.45) is 3.63. The SMILES string of the molecule is CCCC1=NN(CCC)C(=O)C1CCN. The Kier molecular flexibility index (Phi) is 4.75. The molecule has 1 amide bonds. The molecule has 2 N–H and O–H groups in total. The molecule has 1 heterocycles. The third-order valence-corrected chi connectivity index (χ3v) is 2.60. The summed E-state index contributed by atoms with van der Waals surface area (Å²) >= 11 is 0. The molecule has 86 valence electrons. The molecule has 0 aromatic heterocycles. The molecule has 0 saturated heterocycles. The molecule has 0 radical (unpaired) electrons. The second-order valence-corrected chi connectivity index (χ2v) is 3.93. The van der Waals surface area contributed by atoms with E-state index < -0.39 is 0 Å². The first kappa shape index (κ1) is 12.2. The molecule has 0 aliphatic carbocycles. The molecule has 0 saturated carbocycles. The fourth-order valence-electron chi connectivity index (χ4n) is 1.91. The van der Waals surface area contributed by atoms with Crippen molar-refractivity contribution in [2.45, 2.75) is 39.5 Å². The molecule has 0 aromatic carbocycles. The van der Waals surface area contributed by atoms with Gasteiger partial charge in [-0.05, 0) is 25.8 Å². The molecule has 4 heteroatoms. The van der Waals surface area contributed by atoms with Gasteiger partial charge >= 0.3 is 0 Å². The lowest BCUT2D eigenvalue weighted by Gasteiger charge is -2.12. The fraction of sp³-hybridized carbons (Fsp3) is 0.818. The summed E-state index contributed by atoms with van der Waals surface area (Å²) in [5.41, 5.74) is 6.55. The molecule has 1 unspecified atom stereocenters. The molecule has 0 fully saturated rings. The summed E-state index contributed by atoms with van der Waals surface area (Å²) in [6, 6.07) is 0. The van der Waals surface area contributed by atoms with E-state index in [0.29, 0.717) is 6.54 Å². The second-order valence-electron chi connectivity index (χ2n) is 3.93. The monoisotopic (exact) mass is 211 g/mol. The lowest BCUT2D eigenvalue weighted by atomic mass is 9.96. The smallest absolute Gasteiger partial charge is 0.251 e. The van der Waals surface area contributed by atoms with E-state index in [1.165, 1.54) is 0 Å². The topological polar surface area (TPSA) is 58.7 Å². The van der Waals surface area contributed by atoms with Gasteiger partial charge in [0.05, 0.1) is 11.6 Å². The highest BCUT2D eigenvalue weighted by molar-refractivity contribution is 6.07. The Bertz CT molecular complexity index is 250. The number of hydrogen-bond donors (Lipinski definition) is 1. The Labute approximate surface area is 91.5 Å². The Morgan fingerprint density at radius 2 is 2.13 bits per heavy atom. The summed E-state index contributed by atoms with van der Waals surface area (Å²) in [6.45, 7) is 5.44. The number of hydrazone groups is 1. The first-order chi connectivity index (χ1) is 7.24. The van der Waals surface area contributed by atoms with Gasteiger partial charge in [0.1, 0.15) is 0 Å². The van der Waals surface area contributed by atoms with Gasteiger partial charge in [-0.2, -0.15) is 5.10 Å². The van der Waals surface area contributed by atoms with Crippen LogP contribution in [0.2, 0.25) is 0 Å². The van der Waals surface area contributed by atoms with Gasteiger partial charge in [0.2, 0.25) is 0 Å². The van der Waals surface area contributed by atoms with Crippen LogP contribution in [0.5, 0.6) is 0 Å². The normalized spacial score (nSPS) is 21.0. The zero-order valence-corrected chi connectivity index (χ0v) is 9.70. The molecular weight excluding hydrogens is 190 g/mol. The van der Waals surface area contributed by atoms with E-state index in [1.54, 1.807) is 5.01 Å². The average molecular weight is 211 g/mol. The predicted octanol–water partition coefficient (Wildman–Crippen LogP) is 1.36. The summed E-state index contributed by atoms with van der Waals surface area (Å²) in [4.78, 5) is 11.9. The zero-order chi connectivity index (χ0) is 11.3. The van der Waals surface area contributed by atoms with Crippen LogP contribution in [0.25, 0.3) is 0 Å². The van der Waals surface area contributed by atoms with Gasteiger partial charge in [-0.3, -0.25) is 4.79 Å². The number of hydrogen-bond acceptors (Lipinski definition) is 3. The van der Waals surface area contributed by atoms with Gasteiger partial charge in [0.15, 0.2) is 0 Å². The number of rotatable bonds is 6. The van der Waals surface area contributed by atoms with Crippen molar-refractivity contribution in [3.63, 3.8) is 0 Å². The molecule has 15 heavy (non-hydrogen) atoms. The molecule has 4 nitrogen and oxygen atoms in total. The molecule has 1 atom stereocenters. The van der Waals surface area contributed by atoms with Crippen molar-refractivity contribution in [2.75, 3.05) is 13.1 Å². The zero-order valence-electron chi connectivity index (χ0n) is 9.70. The van der Waals surface area contributed by atoms with Crippen LogP contribution in [0.15, 0.2) is 5.10 Å². The Balaban J connectivity index is 2.70. The highest BCUT2D eigenvalue weighted by atomic mass is 16.2. The first-order valence-electron chi connectivity index (χ1n) is 5.83. The van der Waals surface area contributed by atoms with Gasteiger partial charge < -0.3 is 5.73 Å². The van der Waals surface area contributed by atoms with Crippen molar-refractivity contribution in [1.82, 2.24) is 5.01 Å². The molecule has 1 rings (SSSR count). The number of nitrogens with zero attached hydrogens (tertiary/aromatic N) is 2. The number of carbonyl (C=O) groups is 1. The van der Waals surface area contributed by atoms with Crippen LogP contribution in [-0.4, -0.2) is 29.7 Å². The summed E-state index contributed by atoms with van der Waals surface area (Å²) in [7, 11) is 0. The largest absolute Gasteiger partial charge is 0.330 e. The summed E-state index contributed by atoms with van der Waals surface area (Å²) in [5.74, 6) is 0.104. The fourth-order valence-corrected chi connectivity index (χ4v) is 1.91. The maximum Gasteiger partial charge on any atom is 0.251 e. The van der Waals surface area contributed by atoms with E-state index in [4.69, 9.17) is 5.73 Å². The maximum atomic E-state index is 11.9. The van der Waals surface area contributed by atoms with E-state index in [9.17, 15) is 4.79 Å². The van der Waals surface area contributed by atoms with Crippen LogP contribution in [0.3, 0.4) is 0 Å². The Hall–Kier alpha value is -0.900. The van der Waals surface area contributed by atoms with Crippen LogP contribution in [0.4, 0.5) is 0 Å². The van der Waals surface area contributed by atoms with Gasteiger partial charge in [-0.1, -0.05) is 20.3 Å². The first-order valence-corrected chi connectivity index (χ1v) is 5.83. The molecule has 1 aliphatic heterocycles. The van der Waals surface area contributed by atoms with Crippen molar-refractivity contribution in [2.24, 2.45) is 16.8 Å². The molecule has 0 bridgehead atoms. The number of amides is 1. The standard InChI is InChI=1S/C11H21N3O/c1-3-5-10-9(6-7-12)11(15)14(13-10)8-4-2/h9H,3-8,12H2,1-2H3. The number of carbonyl (C=O) groups excluding carboxylic acids is 1. The quantitative estimate of drug-likeness (QED) is 0.721. The molecule has 0 spiro atoms. The van der Waals surface area contributed by atoms with Crippen molar-refractivity contribution in [1.29, 1.82) is 0 Å². The van der Waals surface area contributed by atoms with Crippen LogP contribution in [-0.2, 0) is 4.79 Å². The van der Waals surface area contributed by atoms with Gasteiger partial charge in [0, 0.05) is 6.54 Å². The highest BCUT2D eigenvalue weighted by Crippen LogP contribution is 2.21. The summed E-state index contributed by atoms with van der Waals surface area (Å²) < 4.78 is 0. The van der Waals surface area contributed by atoms with Crippen LogP contribution in [0.1, 0.15) is 39.5 Å². The van der Waals surface area contributed by atoms with Crippen molar-refractivity contribution < 1.29 is 4.79 Å². The minimum atomic E-state index is -0.0403. The Morgan fingerprint density at radius 1 is 1.40 bits per heavy atom. The molecule has 1 aliphatic rings. The van der Waals surface area contributed by atoms with Crippen LogP contribution < -0.4 is 5.73 Å². The highest BCUT2D eigenvalue weighted by Gasteiger charge is 2.33. The van der Waals surface area contributed by atoms with Gasteiger partial charge in [0.25, 0.3) is 5.91 Å². The van der Waals surface area contributed by atoms with Crippen molar-refractivity contribution in [3.05, 3.63) is 0 Å². The van der Waals surface area contributed by atoms with E-state index in [1.807, 2.05) is 0 Å². The van der Waals surface area contributed by atoms with E-state index in [-0.39, 0.29) is 11.8 Å². The third-order valence-electron chi connectivity index (χ3n) is 2.60. The minimum absolute atomic E-state index is 0.0403. The number of nitrogens with two attached hydrogens (primary N) is 1. The third kappa shape index (κ3) is 2.78. The second kappa shape index (κ2) is 5.85. The van der Waals surface area contributed by atoms with Gasteiger partial charge in [-0.25, -0.2) is 5.01 Å². The van der Waals surface area contributed by atoms with E-state index in [0.717, 1.165) is 37.9 Å². The minimum Gasteiger partial charge on any atom is -0.330 e. The van der Waals surface area contributed by atoms with Crippen molar-refractivity contribution in [3.8, 4) is 0 Å². The van der Waals surface area contributed by atoms with Gasteiger partial charge in [-0.15, -0.1) is 0 Å². The predicted molar refractivity (Wildman–Crippen MR) is 61.5 cm³/mol. The van der Waals surface area contributed by atoms with E-state index >= 15 is 0 Å². The van der Waals surface area contributed by atoms with E-state index in [2.05, 4.69) is 18.9 Å². The summed E-state index contributed by atoms with van der Waals surface area (Å²) in [5, 5.41) is 6.01. The Morgan fingerprint density at radius 3 is 2.67 bits per heavy atom.